The maximum absolute atomic E-state index is 13.6. The average Bonchev–Trinajstić information content (AvgIpc) is 3.80. The zero-order chi connectivity index (χ0) is 29.9. The number of hydrogen-bond donors (Lipinski definition) is 4. The molecule has 218 valence electrons. The van der Waals surface area contributed by atoms with Crippen molar-refractivity contribution < 1.29 is 28.7 Å². The van der Waals surface area contributed by atoms with E-state index in [0.717, 1.165) is 24.0 Å². The van der Waals surface area contributed by atoms with Crippen LogP contribution in [0, 0.1) is 5.92 Å². The van der Waals surface area contributed by atoms with Gasteiger partial charge in [0.15, 0.2) is 0 Å². The fourth-order valence-electron chi connectivity index (χ4n) is 4.45. The molecule has 1 aliphatic rings. The molecule has 3 aromatic carbocycles. The fourth-order valence-corrected chi connectivity index (χ4v) is 4.45. The molecular weight excluding hydrogens is 536 g/mol. The number of ketones is 1. The van der Waals surface area contributed by atoms with Gasteiger partial charge in [0.25, 0.3) is 5.91 Å². The first kappa shape index (κ1) is 30.0. The van der Waals surface area contributed by atoms with Gasteiger partial charge in [-0.3, -0.25) is 19.2 Å². The molecule has 0 unspecified atom stereocenters. The molecule has 10 nitrogen and oxygen atoms in total. The Morgan fingerprint density at radius 1 is 0.738 bits per heavy atom. The molecule has 10 heteroatoms. The number of benzene rings is 3. The van der Waals surface area contributed by atoms with Gasteiger partial charge in [-0.2, -0.15) is 0 Å². The smallest absolute Gasteiger partial charge is 0.409 e. The number of ether oxygens (including phenoxy) is 1. The lowest BCUT2D eigenvalue weighted by molar-refractivity contribution is -0.140. The molecule has 1 aliphatic carbocycles. The van der Waals surface area contributed by atoms with Crippen molar-refractivity contribution in [3.05, 3.63) is 102 Å². The van der Waals surface area contributed by atoms with Gasteiger partial charge in [0.05, 0.1) is 0 Å². The minimum Gasteiger partial charge on any atom is -0.411 e. The van der Waals surface area contributed by atoms with E-state index in [1.807, 2.05) is 36.4 Å². The summed E-state index contributed by atoms with van der Waals surface area (Å²) in [4.78, 5) is 63.6. The highest BCUT2D eigenvalue weighted by atomic mass is 16.5. The number of Topliss-reactive ketones (excluding diaryl/α,β-unsaturated/α-hetero) is 1. The van der Waals surface area contributed by atoms with Gasteiger partial charge in [0, 0.05) is 25.8 Å². The number of carbonyl (C=O) groups excluding carboxylic acids is 5. The molecule has 0 radical (unpaired) electrons. The van der Waals surface area contributed by atoms with Gasteiger partial charge >= 0.3 is 6.09 Å². The Hall–Kier alpha value is -4.99. The summed E-state index contributed by atoms with van der Waals surface area (Å²) < 4.78 is 4.86. The number of hydrogen-bond acceptors (Lipinski definition) is 6. The molecule has 1 fully saturated rings. The Morgan fingerprint density at radius 3 is 1.90 bits per heavy atom. The van der Waals surface area contributed by atoms with Crippen LogP contribution in [-0.4, -0.2) is 41.7 Å². The SMILES string of the molecule is NC(=O)Oc1ccc(C[C@H](NC(=O)CC2CC2)C(=O)N[C@@H](Cc2ccccc2)C(=O)C(=O)NCc2ccccc2)cc1. The quantitative estimate of drug-likeness (QED) is 0.218. The number of carbonyl (C=O) groups is 5. The second kappa shape index (κ2) is 14.6. The third-order valence-corrected chi connectivity index (χ3v) is 6.84. The highest BCUT2D eigenvalue weighted by Gasteiger charge is 2.32. The van der Waals surface area contributed by atoms with Crippen LogP contribution in [0.3, 0.4) is 0 Å². The molecular formula is C32H34N4O6. The van der Waals surface area contributed by atoms with Crippen LogP contribution in [0.5, 0.6) is 5.75 Å². The minimum absolute atomic E-state index is 0.0893. The molecule has 0 saturated heterocycles. The highest BCUT2D eigenvalue weighted by Crippen LogP contribution is 2.32. The second-order valence-electron chi connectivity index (χ2n) is 10.3. The Labute approximate surface area is 244 Å². The van der Waals surface area contributed by atoms with Gasteiger partial charge in [0.2, 0.25) is 17.6 Å². The summed E-state index contributed by atoms with van der Waals surface area (Å²) >= 11 is 0. The van der Waals surface area contributed by atoms with E-state index < -0.39 is 35.8 Å². The van der Waals surface area contributed by atoms with E-state index >= 15 is 0 Å². The van der Waals surface area contributed by atoms with Crippen molar-refractivity contribution in [2.24, 2.45) is 11.7 Å². The van der Waals surface area contributed by atoms with E-state index in [1.54, 1.807) is 36.4 Å². The van der Waals surface area contributed by atoms with Gasteiger partial charge in [-0.15, -0.1) is 0 Å². The molecule has 0 heterocycles. The molecule has 0 aromatic heterocycles. The summed E-state index contributed by atoms with van der Waals surface area (Å²) in [5.74, 6) is -1.93. The molecule has 1 saturated carbocycles. The van der Waals surface area contributed by atoms with E-state index in [1.165, 1.54) is 12.1 Å². The van der Waals surface area contributed by atoms with Crippen molar-refractivity contribution in [2.45, 2.75) is 50.7 Å². The fraction of sp³-hybridized carbons (Fsp3) is 0.281. The average molecular weight is 571 g/mol. The van der Waals surface area contributed by atoms with Crippen molar-refractivity contribution in [3.8, 4) is 5.75 Å². The molecule has 4 amide bonds. The molecule has 0 aliphatic heterocycles. The monoisotopic (exact) mass is 570 g/mol. The molecule has 5 N–H and O–H groups in total. The Bertz CT molecular complexity index is 1390. The van der Waals surface area contributed by atoms with E-state index in [9.17, 15) is 24.0 Å². The summed E-state index contributed by atoms with van der Waals surface area (Å²) in [6.07, 6.45) is 1.49. The van der Waals surface area contributed by atoms with Crippen LogP contribution in [0.1, 0.15) is 36.0 Å². The Morgan fingerprint density at radius 2 is 1.31 bits per heavy atom. The van der Waals surface area contributed by atoms with Gasteiger partial charge in [-0.05, 0) is 47.6 Å². The lowest BCUT2D eigenvalue weighted by Crippen LogP contribution is -2.55. The maximum Gasteiger partial charge on any atom is 0.409 e. The number of amides is 4. The van der Waals surface area contributed by atoms with Crippen molar-refractivity contribution in [1.29, 1.82) is 0 Å². The van der Waals surface area contributed by atoms with Crippen LogP contribution in [0.25, 0.3) is 0 Å². The summed E-state index contributed by atoms with van der Waals surface area (Å²) in [7, 11) is 0. The summed E-state index contributed by atoms with van der Waals surface area (Å²) in [6.45, 7) is 0.159. The number of rotatable bonds is 14. The van der Waals surface area contributed by atoms with Crippen LogP contribution >= 0.6 is 0 Å². The highest BCUT2D eigenvalue weighted by molar-refractivity contribution is 6.38. The topological polar surface area (TPSA) is 157 Å². The Kier molecular flexibility index (Phi) is 10.4. The summed E-state index contributed by atoms with van der Waals surface area (Å²) in [6, 6.07) is 22.4. The van der Waals surface area contributed by atoms with Crippen LogP contribution in [0.2, 0.25) is 0 Å². The first-order valence-corrected chi connectivity index (χ1v) is 13.8. The van der Waals surface area contributed by atoms with E-state index in [2.05, 4.69) is 16.0 Å². The first-order valence-electron chi connectivity index (χ1n) is 13.8. The lowest BCUT2D eigenvalue weighted by Gasteiger charge is -2.23. The van der Waals surface area contributed by atoms with E-state index in [4.69, 9.17) is 10.5 Å². The molecule has 3 aromatic rings. The largest absolute Gasteiger partial charge is 0.411 e. The Balaban J connectivity index is 1.49. The normalized spacial score (nSPS) is 13.7. The standard InChI is InChI=1S/C32H34N4O6/c33-32(41)42-25-15-13-22(14-16-25)18-27(35-28(37)19-23-11-12-23)30(39)36-26(17-21-7-3-1-4-8-21)29(38)31(40)34-20-24-9-5-2-6-10-24/h1-10,13-16,23,26-27H,11-12,17-20H2,(H2,33,41)(H,34,40)(H,35,37)(H,36,39)/t26-,27-/m0/s1. The summed E-state index contributed by atoms with van der Waals surface area (Å²) in [5.41, 5.74) is 7.31. The predicted octanol–water partition coefficient (Wildman–Crippen LogP) is 2.58. The zero-order valence-electron chi connectivity index (χ0n) is 23.1. The van der Waals surface area contributed by atoms with Crippen molar-refractivity contribution in [3.63, 3.8) is 0 Å². The third kappa shape index (κ3) is 9.58. The summed E-state index contributed by atoms with van der Waals surface area (Å²) in [5, 5.41) is 8.16. The van der Waals surface area contributed by atoms with Gasteiger partial charge in [-0.25, -0.2) is 4.79 Å². The second-order valence-corrected chi connectivity index (χ2v) is 10.3. The van der Waals surface area contributed by atoms with E-state index in [0.29, 0.717) is 17.9 Å². The van der Waals surface area contributed by atoms with Gasteiger partial charge in [-0.1, -0.05) is 72.8 Å². The molecule has 0 spiro atoms. The molecule has 0 bridgehead atoms. The van der Waals surface area contributed by atoms with Crippen molar-refractivity contribution >= 4 is 29.6 Å². The number of primary amides is 1. The van der Waals surface area contributed by atoms with Gasteiger partial charge in [0.1, 0.15) is 17.8 Å². The molecule has 42 heavy (non-hydrogen) atoms. The predicted molar refractivity (Wildman–Crippen MR) is 155 cm³/mol. The van der Waals surface area contributed by atoms with Crippen LogP contribution in [0.15, 0.2) is 84.9 Å². The third-order valence-electron chi connectivity index (χ3n) is 6.84. The van der Waals surface area contributed by atoms with Crippen molar-refractivity contribution in [1.82, 2.24) is 16.0 Å². The molecule has 4 rings (SSSR count). The van der Waals surface area contributed by atoms with Gasteiger partial charge < -0.3 is 26.4 Å². The van der Waals surface area contributed by atoms with Crippen molar-refractivity contribution in [2.75, 3.05) is 0 Å². The van der Waals surface area contributed by atoms with Crippen LogP contribution in [0.4, 0.5) is 4.79 Å². The van der Waals surface area contributed by atoms with Crippen LogP contribution in [-0.2, 0) is 38.6 Å². The lowest BCUT2D eigenvalue weighted by atomic mass is 9.99. The number of nitrogens with one attached hydrogen (secondary N) is 3. The first-order chi connectivity index (χ1) is 20.3. The zero-order valence-corrected chi connectivity index (χ0v) is 23.1. The minimum atomic E-state index is -1.16. The number of nitrogens with two attached hydrogens (primary N) is 1. The van der Waals surface area contributed by atoms with E-state index in [-0.39, 0.29) is 31.0 Å². The maximum atomic E-state index is 13.6. The molecule has 2 atom stereocenters. The van der Waals surface area contributed by atoms with Crippen LogP contribution < -0.4 is 26.4 Å².